The molecule has 1 heterocycles. The van der Waals surface area contributed by atoms with Crippen LogP contribution in [-0.4, -0.2) is 17.1 Å². The van der Waals surface area contributed by atoms with Crippen LogP contribution in [0.2, 0.25) is 5.02 Å². The molecule has 0 spiro atoms. The van der Waals surface area contributed by atoms with Crippen LogP contribution in [0.15, 0.2) is 24.4 Å². The van der Waals surface area contributed by atoms with Gasteiger partial charge in [-0.3, -0.25) is 4.98 Å². The molecule has 1 fully saturated rings. The molecule has 2 N–H and O–H groups in total. The van der Waals surface area contributed by atoms with Crippen molar-refractivity contribution in [2.45, 2.75) is 32.4 Å². The zero-order valence-electron chi connectivity index (χ0n) is 11.4. The second-order valence-electron chi connectivity index (χ2n) is 5.84. The minimum Gasteiger partial charge on any atom is -0.486 e. The normalized spacial score (nSPS) is 24.4. The largest absolute Gasteiger partial charge is 0.486 e. The molecule has 2 unspecified atom stereocenters. The standard InChI is InChI=1S/C15H16ClIN2O/c1-15(2)11(18)7-12(15)20-14-10(17)6-9(16)8-4-3-5-19-13(8)14/h3-6,11-12H,7,18H2,1-2H3. The third kappa shape index (κ3) is 2.18. The third-order valence-electron chi connectivity index (χ3n) is 4.26. The van der Waals surface area contributed by atoms with Crippen molar-refractivity contribution in [1.82, 2.24) is 4.98 Å². The SMILES string of the molecule is CC1(C)C(N)CC1Oc1c(I)cc(Cl)c2cccnc12. The lowest BCUT2D eigenvalue weighted by atomic mass is 9.65. The summed E-state index contributed by atoms with van der Waals surface area (Å²) < 4.78 is 7.21. The number of nitrogens with two attached hydrogens (primary N) is 1. The van der Waals surface area contributed by atoms with Gasteiger partial charge in [-0.2, -0.15) is 0 Å². The van der Waals surface area contributed by atoms with Gasteiger partial charge < -0.3 is 10.5 Å². The molecule has 0 amide bonds. The van der Waals surface area contributed by atoms with Gasteiger partial charge in [0.1, 0.15) is 11.6 Å². The van der Waals surface area contributed by atoms with E-state index in [9.17, 15) is 0 Å². The lowest BCUT2D eigenvalue weighted by Gasteiger charge is -2.49. The van der Waals surface area contributed by atoms with E-state index in [-0.39, 0.29) is 17.6 Å². The Kier molecular flexibility index (Phi) is 3.59. The highest BCUT2D eigenvalue weighted by molar-refractivity contribution is 14.1. The fourth-order valence-corrected chi connectivity index (χ4v) is 3.66. The molecule has 1 aliphatic rings. The molecule has 2 atom stereocenters. The molecule has 1 aliphatic carbocycles. The van der Waals surface area contributed by atoms with Crippen LogP contribution in [0.3, 0.4) is 0 Å². The summed E-state index contributed by atoms with van der Waals surface area (Å²) >= 11 is 8.52. The van der Waals surface area contributed by atoms with Crippen molar-refractivity contribution in [2.75, 3.05) is 0 Å². The van der Waals surface area contributed by atoms with Gasteiger partial charge in [0, 0.05) is 29.5 Å². The minimum absolute atomic E-state index is 0.0101. The first-order valence-electron chi connectivity index (χ1n) is 6.56. The zero-order valence-corrected chi connectivity index (χ0v) is 14.3. The molecular weight excluding hydrogens is 387 g/mol. The van der Waals surface area contributed by atoms with Crippen molar-refractivity contribution in [1.29, 1.82) is 0 Å². The maximum absolute atomic E-state index is 6.28. The number of nitrogens with zero attached hydrogens (tertiary/aromatic N) is 1. The second kappa shape index (κ2) is 5.00. The van der Waals surface area contributed by atoms with E-state index < -0.39 is 0 Å². The van der Waals surface area contributed by atoms with E-state index in [4.69, 9.17) is 22.1 Å². The second-order valence-corrected chi connectivity index (χ2v) is 7.41. The molecule has 5 heteroatoms. The molecule has 3 nitrogen and oxygen atoms in total. The molecule has 1 saturated carbocycles. The smallest absolute Gasteiger partial charge is 0.159 e. The highest BCUT2D eigenvalue weighted by Gasteiger charge is 2.48. The summed E-state index contributed by atoms with van der Waals surface area (Å²) in [5.74, 6) is 0.815. The van der Waals surface area contributed by atoms with Crippen LogP contribution in [0, 0.1) is 8.99 Å². The molecule has 0 bridgehead atoms. The van der Waals surface area contributed by atoms with Gasteiger partial charge in [0.05, 0.1) is 8.59 Å². The van der Waals surface area contributed by atoms with E-state index in [1.807, 2.05) is 18.2 Å². The number of rotatable bonds is 2. The first kappa shape index (κ1) is 14.4. The van der Waals surface area contributed by atoms with Gasteiger partial charge in [-0.1, -0.05) is 25.4 Å². The molecule has 0 radical (unpaired) electrons. The summed E-state index contributed by atoms with van der Waals surface area (Å²) in [5.41, 5.74) is 6.87. The van der Waals surface area contributed by atoms with Crippen molar-refractivity contribution in [3.63, 3.8) is 0 Å². The van der Waals surface area contributed by atoms with Crippen molar-refractivity contribution in [2.24, 2.45) is 11.1 Å². The Hall–Kier alpha value is -0.590. The highest BCUT2D eigenvalue weighted by atomic mass is 127. The van der Waals surface area contributed by atoms with E-state index in [1.54, 1.807) is 6.20 Å². The maximum atomic E-state index is 6.28. The summed E-state index contributed by atoms with van der Waals surface area (Å²) in [7, 11) is 0. The number of hydrogen-bond donors (Lipinski definition) is 1. The first-order valence-corrected chi connectivity index (χ1v) is 8.02. The summed E-state index contributed by atoms with van der Waals surface area (Å²) in [6, 6.07) is 5.96. The number of benzene rings is 1. The molecule has 0 saturated heterocycles. The number of hydrogen-bond acceptors (Lipinski definition) is 3. The molecule has 106 valence electrons. The van der Waals surface area contributed by atoms with Gasteiger partial charge in [-0.15, -0.1) is 0 Å². The Bertz CT molecular complexity index is 674. The average molecular weight is 403 g/mol. The van der Waals surface area contributed by atoms with Crippen LogP contribution in [0.5, 0.6) is 5.75 Å². The molecule has 2 aromatic rings. The van der Waals surface area contributed by atoms with E-state index in [2.05, 4.69) is 41.4 Å². The topological polar surface area (TPSA) is 48.1 Å². The van der Waals surface area contributed by atoms with Gasteiger partial charge in [0.25, 0.3) is 0 Å². The van der Waals surface area contributed by atoms with Crippen LogP contribution < -0.4 is 10.5 Å². The number of aromatic nitrogens is 1. The Balaban J connectivity index is 2.04. The summed E-state index contributed by atoms with van der Waals surface area (Å²) in [4.78, 5) is 4.44. The van der Waals surface area contributed by atoms with E-state index >= 15 is 0 Å². The Morgan fingerprint density at radius 2 is 2.25 bits per heavy atom. The van der Waals surface area contributed by atoms with Gasteiger partial charge in [-0.25, -0.2) is 0 Å². The van der Waals surface area contributed by atoms with Crippen LogP contribution in [0.1, 0.15) is 20.3 Å². The van der Waals surface area contributed by atoms with Crippen LogP contribution in [-0.2, 0) is 0 Å². The lowest BCUT2D eigenvalue weighted by molar-refractivity contribution is -0.0396. The zero-order chi connectivity index (χ0) is 14.5. The minimum atomic E-state index is -0.0101. The van der Waals surface area contributed by atoms with E-state index in [0.29, 0.717) is 5.02 Å². The average Bonchev–Trinajstić information content (AvgIpc) is 2.42. The predicted molar refractivity (Wildman–Crippen MR) is 90.3 cm³/mol. The van der Waals surface area contributed by atoms with Gasteiger partial charge >= 0.3 is 0 Å². The molecule has 3 rings (SSSR count). The number of fused-ring (bicyclic) bond motifs is 1. The van der Waals surface area contributed by atoms with Gasteiger partial charge in [-0.05, 0) is 40.8 Å². The summed E-state index contributed by atoms with van der Waals surface area (Å²) in [6.07, 6.45) is 2.76. The van der Waals surface area contributed by atoms with Gasteiger partial charge in [0.15, 0.2) is 5.75 Å². The van der Waals surface area contributed by atoms with Crippen molar-refractivity contribution >= 4 is 45.1 Å². The number of ether oxygens (including phenoxy) is 1. The van der Waals surface area contributed by atoms with E-state index in [0.717, 1.165) is 26.6 Å². The van der Waals surface area contributed by atoms with E-state index in [1.165, 1.54) is 0 Å². The monoisotopic (exact) mass is 402 g/mol. The molecular formula is C15H16ClIN2O. The number of pyridine rings is 1. The van der Waals surface area contributed by atoms with Crippen LogP contribution in [0.25, 0.3) is 10.9 Å². The lowest BCUT2D eigenvalue weighted by Crippen LogP contribution is -2.60. The Morgan fingerprint density at radius 3 is 2.90 bits per heavy atom. The number of halogens is 2. The highest BCUT2D eigenvalue weighted by Crippen LogP contribution is 2.44. The molecule has 1 aromatic heterocycles. The summed E-state index contributed by atoms with van der Waals surface area (Å²) in [6.45, 7) is 4.29. The maximum Gasteiger partial charge on any atom is 0.159 e. The molecule has 0 aliphatic heterocycles. The fourth-order valence-electron chi connectivity index (χ4n) is 2.52. The predicted octanol–water partition coefficient (Wildman–Crippen LogP) is 4.00. The van der Waals surface area contributed by atoms with Crippen LogP contribution >= 0.6 is 34.2 Å². The molecule has 1 aromatic carbocycles. The van der Waals surface area contributed by atoms with Crippen molar-refractivity contribution < 1.29 is 4.74 Å². The Labute approximate surface area is 137 Å². The van der Waals surface area contributed by atoms with Crippen molar-refractivity contribution in [3.05, 3.63) is 33.0 Å². The third-order valence-corrected chi connectivity index (χ3v) is 5.38. The van der Waals surface area contributed by atoms with Crippen molar-refractivity contribution in [3.8, 4) is 5.75 Å². The Morgan fingerprint density at radius 1 is 1.50 bits per heavy atom. The van der Waals surface area contributed by atoms with Crippen LogP contribution in [0.4, 0.5) is 0 Å². The quantitative estimate of drug-likeness (QED) is 0.773. The molecule has 20 heavy (non-hydrogen) atoms. The fraction of sp³-hybridized carbons (Fsp3) is 0.400. The summed E-state index contributed by atoms with van der Waals surface area (Å²) in [5, 5.41) is 1.63. The first-order chi connectivity index (χ1) is 9.41. The van der Waals surface area contributed by atoms with Gasteiger partial charge in [0.2, 0.25) is 0 Å².